The number of halogens is 3. The van der Waals surface area contributed by atoms with E-state index < -0.39 is 22.2 Å². The minimum atomic E-state index is -5.08. The Hall–Kier alpha value is -2.25. The van der Waals surface area contributed by atoms with E-state index in [2.05, 4.69) is 9.71 Å². The number of carboxylic acids is 1. The summed E-state index contributed by atoms with van der Waals surface area (Å²) in [6.07, 6.45) is -1.74. The molecule has 0 bridgehead atoms. The monoisotopic (exact) mass is 469 g/mol. The fourth-order valence-electron chi connectivity index (χ4n) is 2.80. The van der Waals surface area contributed by atoms with Crippen molar-refractivity contribution in [2.24, 2.45) is 5.92 Å². The number of hydrogen-bond donors (Lipinski definition) is 2. The maximum Gasteiger partial charge on any atom is 0.490 e. The minimum absolute atomic E-state index is 0.0392. The van der Waals surface area contributed by atoms with Gasteiger partial charge in [-0.1, -0.05) is 0 Å². The van der Waals surface area contributed by atoms with Crippen LogP contribution in [-0.4, -0.2) is 80.1 Å². The molecule has 2 N–H and O–H groups in total. The normalized spacial score (nSPS) is 19.7. The second-order valence-electron chi connectivity index (χ2n) is 7.02. The molecule has 0 spiro atoms. The molecule has 0 radical (unpaired) electrons. The third-order valence-corrected chi connectivity index (χ3v) is 5.25. The molecular formula is C18H26F3N3O6S. The largest absolute Gasteiger partial charge is 0.490 e. The first-order valence-electron chi connectivity index (χ1n) is 9.28. The predicted molar refractivity (Wildman–Crippen MR) is 105 cm³/mol. The molecule has 9 nitrogen and oxygen atoms in total. The number of nitrogens with one attached hydrogen (secondary N) is 1. The fraction of sp³-hybridized carbons (Fsp3) is 0.611. The van der Waals surface area contributed by atoms with Gasteiger partial charge in [0.1, 0.15) is 0 Å². The zero-order chi connectivity index (χ0) is 23.8. The molecule has 0 aliphatic carbocycles. The van der Waals surface area contributed by atoms with Crippen molar-refractivity contribution in [3.63, 3.8) is 0 Å². The van der Waals surface area contributed by atoms with Crippen molar-refractivity contribution in [3.8, 4) is 0 Å². The average molecular weight is 469 g/mol. The molecule has 0 aromatic carbocycles. The number of hydrogen-bond acceptors (Lipinski definition) is 6. The Morgan fingerprint density at radius 1 is 1.35 bits per heavy atom. The van der Waals surface area contributed by atoms with Gasteiger partial charge in [0.15, 0.2) is 0 Å². The predicted octanol–water partition coefficient (Wildman–Crippen LogP) is 1.44. The molecule has 1 amide bonds. The molecule has 1 aliphatic rings. The second kappa shape index (κ2) is 11.4. The van der Waals surface area contributed by atoms with E-state index in [-0.39, 0.29) is 17.9 Å². The van der Waals surface area contributed by atoms with Crippen LogP contribution in [0, 0.1) is 12.8 Å². The number of carboxylic acid groups (broad SMARTS) is 1. The van der Waals surface area contributed by atoms with Crippen LogP contribution in [-0.2, 0) is 19.6 Å². The van der Waals surface area contributed by atoms with Crippen molar-refractivity contribution in [1.82, 2.24) is 14.6 Å². The molecule has 1 aliphatic heterocycles. The third-order valence-electron chi connectivity index (χ3n) is 4.52. The highest BCUT2D eigenvalue weighted by atomic mass is 32.2. The van der Waals surface area contributed by atoms with Crippen molar-refractivity contribution in [2.45, 2.75) is 32.5 Å². The van der Waals surface area contributed by atoms with Gasteiger partial charge >= 0.3 is 12.1 Å². The lowest BCUT2D eigenvalue weighted by Gasteiger charge is -2.31. The van der Waals surface area contributed by atoms with Crippen LogP contribution in [0.25, 0.3) is 0 Å². The number of aryl methyl sites for hydroxylation is 1. The van der Waals surface area contributed by atoms with Gasteiger partial charge in [0.2, 0.25) is 10.0 Å². The number of amides is 1. The van der Waals surface area contributed by atoms with Crippen LogP contribution in [0.3, 0.4) is 0 Å². The second-order valence-corrected chi connectivity index (χ2v) is 8.85. The van der Waals surface area contributed by atoms with Crippen molar-refractivity contribution in [2.75, 3.05) is 32.6 Å². The van der Waals surface area contributed by atoms with E-state index in [9.17, 15) is 26.4 Å². The van der Waals surface area contributed by atoms with Gasteiger partial charge < -0.3 is 14.7 Å². The maximum atomic E-state index is 12.8. The molecule has 1 saturated heterocycles. The van der Waals surface area contributed by atoms with Crippen molar-refractivity contribution < 1.29 is 41.0 Å². The van der Waals surface area contributed by atoms with Gasteiger partial charge in [-0.2, -0.15) is 13.2 Å². The quantitative estimate of drug-likeness (QED) is 0.668. The highest BCUT2D eigenvalue weighted by Crippen LogP contribution is 2.21. The number of carbonyl (C=O) groups excluding carboxylic acids is 1. The first kappa shape index (κ1) is 26.8. The molecule has 0 unspecified atom stereocenters. The number of carbonyl (C=O) groups is 2. The Kier molecular flexibility index (Phi) is 9.84. The van der Waals surface area contributed by atoms with Crippen molar-refractivity contribution in [1.29, 1.82) is 0 Å². The number of sulfonamides is 1. The molecule has 2 atom stereocenters. The zero-order valence-electron chi connectivity index (χ0n) is 17.3. The lowest BCUT2D eigenvalue weighted by molar-refractivity contribution is -0.192. The lowest BCUT2D eigenvalue weighted by atomic mass is 9.96. The smallest absolute Gasteiger partial charge is 0.475 e. The molecule has 176 valence electrons. The van der Waals surface area contributed by atoms with Crippen LogP contribution >= 0.6 is 0 Å². The summed E-state index contributed by atoms with van der Waals surface area (Å²) in [7, 11) is -3.21. The van der Waals surface area contributed by atoms with Gasteiger partial charge in [-0.15, -0.1) is 0 Å². The third kappa shape index (κ3) is 9.61. The van der Waals surface area contributed by atoms with E-state index in [1.165, 1.54) is 0 Å². The Bertz CT molecular complexity index is 846. The van der Waals surface area contributed by atoms with Crippen LogP contribution < -0.4 is 4.72 Å². The molecule has 1 aromatic rings. The summed E-state index contributed by atoms with van der Waals surface area (Å²) in [5.41, 5.74) is 1.42. The van der Waals surface area contributed by atoms with Gasteiger partial charge in [0.05, 0.1) is 25.0 Å². The molecule has 13 heteroatoms. The van der Waals surface area contributed by atoms with E-state index in [1.54, 1.807) is 17.2 Å². The first-order chi connectivity index (χ1) is 14.2. The highest BCUT2D eigenvalue weighted by molar-refractivity contribution is 7.88. The summed E-state index contributed by atoms with van der Waals surface area (Å²) in [6.45, 7) is 5.71. The van der Waals surface area contributed by atoms with Gasteiger partial charge in [-0.25, -0.2) is 17.9 Å². The number of alkyl halides is 3. The zero-order valence-corrected chi connectivity index (χ0v) is 18.2. The van der Waals surface area contributed by atoms with E-state index in [1.807, 2.05) is 19.9 Å². The van der Waals surface area contributed by atoms with Crippen molar-refractivity contribution in [3.05, 3.63) is 29.6 Å². The number of nitrogens with zero attached hydrogens (tertiary/aromatic N) is 2. The minimum Gasteiger partial charge on any atom is -0.475 e. The Balaban J connectivity index is 0.000000592. The van der Waals surface area contributed by atoms with Crippen LogP contribution in [0.4, 0.5) is 13.2 Å². The summed E-state index contributed by atoms with van der Waals surface area (Å²) in [4.78, 5) is 27.6. The standard InChI is InChI=1S/C16H25N3O4S.C2HF3O2/c1-12-4-5-14(10-17-12)16(20)19-8-9-23-11-15(13(19)2)6-7-18-24(3,21)22;3-2(4,5)1(6)7/h4-5,10,13,15,18H,6-9,11H2,1-3H3;(H,6,7)/t13-,15+;/m0./s1. The van der Waals surface area contributed by atoms with Gasteiger partial charge in [-0.05, 0) is 32.4 Å². The summed E-state index contributed by atoms with van der Waals surface area (Å²) < 4.78 is 62.2. The molecule has 1 aromatic heterocycles. The van der Waals surface area contributed by atoms with Gasteiger partial charge in [0, 0.05) is 36.9 Å². The highest BCUT2D eigenvalue weighted by Gasteiger charge is 2.38. The van der Waals surface area contributed by atoms with E-state index in [4.69, 9.17) is 14.6 Å². The van der Waals surface area contributed by atoms with Crippen LogP contribution in [0.15, 0.2) is 18.3 Å². The fourth-order valence-corrected chi connectivity index (χ4v) is 3.28. The Morgan fingerprint density at radius 2 is 1.97 bits per heavy atom. The molecule has 1 fully saturated rings. The van der Waals surface area contributed by atoms with Crippen LogP contribution in [0.1, 0.15) is 29.4 Å². The number of rotatable bonds is 5. The van der Waals surface area contributed by atoms with Crippen molar-refractivity contribution >= 4 is 21.9 Å². The summed E-state index contributed by atoms with van der Waals surface area (Å²) in [6, 6.07) is 3.56. The number of ether oxygens (including phenoxy) is 1. The Morgan fingerprint density at radius 3 is 2.45 bits per heavy atom. The van der Waals surface area contributed by atoms with Gasteiger partial charge in [-0.3, -0.25) is 9.78 Å². The molecular weight excluding hydrogens is 443 g/mol. The number of aromatic nitrogens is 1. The number of pyridine rings is 1. The Labute approximate surface area is 178 Å². The van der Waals surface area contributed by atoms with E-state index in [0.717, 1.165) is 11.9 Å². The number of aliphatic carboxylic acids is 1. The van der Waals surface area contributed by atoms with Crippen LogP contribution in [0.2, 0.25) is 0 Å². The lowest BCUT2D eigenvalue weighted by Crippen LogP contribution is -2.44. The van der Waals surface area contributed by atoms with Crippen LogP contribution in [0.5, 0.6) is 0 Å². The van der Waals surface area contributed by atoms with E-state index in [0.29, 0.717) is 38.3 Å². The topological polar surface area (TPSA) is 126 Å². The molecule has 2 rings (SSSR count). The molecule has 31 heavy (non-hydrogen) atoms. The van der Waals surface area contributed by atoms with E-state index >= 15 is 0 Å². The summed E-state index contributed by atoms with van der Waals surface area (Å²) in [5.74, 6) is -2.75. The van der Waals surface area contributed by atoms with Gasteiger partial charge in [0.25, 0.3) is 5.91 Å². The maximum absolute atomic E-state index is 12.8. The molecule has 2 heterocycles. The summed E-state index contributed by atoms with van der Waals surface area (Å²) >= 11 is 0. The SMILES string of the molecule is Cc1ccc(C(=O)N2CCOC[C@@H](CCNS(C)(=O)=O)[C@@H]2C)cn1.O=C(O)C(F)(F)F. The summed E-state index contributed by atoms with van der Waals surface area (Å²) in [5, 5.41) is 7.12. The molecule has 0 saturated carbocycles. The average Bonchev–Trinajstić information content (AvgIpc) is 2.82. The first-order valence-corrected chi connectivity index (χ1v) is 11.2.